The van der Waals surface area contributed by atoms with Crippen molar-refractivity contribution in [3.05, 3.63) is 47.8 Å². The van der Waals surface area contributed by atoms with E-state index in [2.05, 4.69) is 20.2 Å². The molecule has 1 amide bonds. The van der Waals surface area contributed by atoms with Gasteiger partial charge in [0.1, 0.15) is 5.82 Å². The first-order chi connectivity index (χ1) is 11.8. The number of carbonyl (C=O) groups excluding carboxylic acids is 1. The van der Waals surface area contributed by atoms with Gasteiger partial charge in [-0.1, -0.05) is 0 Å². The van der Waals surface area contributed by atoms with Gasteiger partial charge >= 0.3 is 0 Å². The van der Waals surface area contributed by atoms with Gasteiger partial charge in [0.05, 0.1) is 12.7 Å². The predicted molar refractivity (Wildman–Crippen MR) is 92.3 cm³/mol. The van der Waals surface area contributed by atoms with Crippen LogP contribution >= 0.6 is 0 Å². The Labute approximate surface area is 141 Å². The van der Waals surface area contributed by atoms with Gasteiger partial charge in [-0.25, -0.2) is 9.97 Å². The largest absolute Gasteiger partial charge is 0.481 e. The number of hydrogen-bond acceptors (Lipinski definition) is 5. The molecule has 0 saturated carbocycles. The summed E-state index contributed by atoms with van der Waals surface area (Å²) in [5.74, 6) is 1.21. The zero-order valence-corrected chi connectivity index (χ0v) is 13.9. The van der Waals surface area contributed by atoms with Crippen LogP contribution in [0.3, 0.4) is 0 Å². The Kier molecular flexibility index (Phi) is 5.25. The fourth-order valence-corrected chi connectivity index (χ4v) is 2.88. The van der Waals surface area contributed by atoms with Gasteiger partial charge in [0.25, 0.3) is 5.91 Å². The maximum atomic E-state index is 12.6. The lowest BCUT2D eigenvalue weighted by molar-refractivity contribution is 0.0951. The smallest absolute Gasteiger partial charge is 0.255 e. The minimum absolute atomic E-state index is 0.112. The van der Waals surface area contributed by atoms with Gasteiger partial charge in [-0.3, -0.25) is 4.79 Å². The maximum Gasteiger partial charge on any atom is 0.255 e. The first-order valence-corrected chi connectivity index (χ1v) is 8.25. The Hall–Kier alpha value is -2.63. The van der Waals surface area contributed by atoms with E-state index in [0.29, 0.717) is 18.0 Å². The Balaban J connectivity index is 1.70. The molecule has 1 aliphatic rings. The molecule has 1 saturated heterocycles. The van der Waals surface area contributed by atoms with Gasteiger partial charge in [-0.2, -0.15) is 0 Å². The molecule has 24 heavy (non-hydrogen) atoms. The maximum absolute atomic E-state index is 12.6. The number of aromatic nitrogens is 2. The third-order valence-electron chi connectivity index (χ3n) is 4.15. The lowest BCUT2D eigenvalue weighted by Gasteiger charge is -2.29. The number of nitrogens with zero attached hydrogens (tertiary/aromatic N) is 3. The Morgan fingerprint density at radius 3 is 2.83 bits per heavy atom. The standard InChI is InChI=1S/C18H22N4O2/c1-24-16-12-14(7-9-19-16)13-21-18(23)15-6-5-8-20-17(15)22-10-3-2-4-11-22/h5-9,12H,2-4,10-11,13H2,1H3,(H,21,23). The Morgan fingerprint density at radius 1 is 1.21 bits per heavy atom. The van der Waals surface area contributed by atoms with Crippen LogP contribution in [0.15, 0.2) is 36.7 Å². The summed E-state index contributed by atoms with van der Waals surface area (Å²) in [4.78, 5) is 23.3. The zero-order chi connectivity index (χ0) is 16.8. The molecule has 0 bridgehead atoms. The third-order valence-corrected chi connectivity index (χ3v) is 4.15. The topological polar surface area (TPSA) is 67.3 Å². The molecule has 3 heterocycles. The van der Waals surface area contributed by atoms with Crippen molar-refractivity contribution in [3.63, 3.8) is 0 Å². The Bertz CT molecular complexity index is 699. The van der Waals surface area contributed by atoms with Crippen LogP contribution in [0.4, 0.5) is 5.82 Å². The first-order valence-electron chi connectivity index (χ1n) is 8.25. The van der Waals surface area contributed by atoms with Gasteiger partial charge in [-0.15, -0.1) is 0 Å². The van der Waals surface area contributed by atoms with Crippen LogP contribution in [-0.4, -0.2) is 36.1 Å². The monoisotopic (exact) mass is 326 g/mol. The number of carbonyl (C=O) groups is 1. The zero-order valence-electron chi connectivity index (χ0n) is 13.9. The second kappa shape index (κ2) is 7.77. The van der Waals surface area contributed by atoms with E-state index in [4.69, 9.17) is 4.74 Å². The van der Waals surface area contributed by atoms with Gasteiger partial charge in [0.15, 0.2) is 0 Å². The number of methoxy groups -OCH3 is 1. The summed E-state index contributed by atoms with van der Waals surface area (Å²) >= 11 is 0. The minimum atomic E-state index is -0.112. The molecule has 2 aromatic rings. The number of rotatable bonds is 5. The third kappa shape index (κ3) is 3.82. The molecule has 6 nitrogen and oxygen atoms in total. The van der Waals surface area contributed by atoms with E-state index in [0.717, 1.165) is 37.3 Å². The summed E-state index contributed by atoms with van der Waals surface area (Å²) in [6.45, 7) is 2.34. The molecule has 6 heteroatoms. The van der Waals surface area contributed by atoms with Crippen LogP contribution in [0.1, 0.15) is 35.2 Å². The number of ether oxygens (including phenoxy) is 1. The average Bonchev–Trinajstić information content (AvgIpc) is 2.67. The van der Waals surface area contributed by atoms with Crippen LogP contribution in [0.2, 0.25) is 0 Å². The summed E-state index contributed by atoms with van der Waals surface area (Å²) in [6, 6.07) is 7.31. The highest BCUT2D eigenvalue weighted by Gasteiger charge is 2.19. The van der Waals surface area contributed by atoms with Crippen molar-refractivity contribution in [2.24, 2.45) is 0 Å². The molecule has 1 fully saturated rings. The number of piperidine rings is 1. The number of anilines is 1. The predicted octanol–water partition coefficient (Wildman–Crippen LogP) is 2.41. The minimum Gasteiger partial charge on any atom is -0.481 e. The van der Waals surface area contributed by atoms with Crippen LogP contribution in [0.5, 0.6) is 5.88 Å². The normalized spacial score (nSPS) is 14.3. The number of hydrogen-bond donors (Lipinski definition) is 1. The van der Waals surface area contributed by atoms with Crippen molar-refractivity contribution in [3.8, 4) is 5.88 Å². The van der Waals surface area contributed by atoms with Crippen molar-refractivity contribution in [2.75, 3.05) is 25.1 Å². The lowest BCUT2D eigenvalue weighted by atomic mass is 10.1. The summed E-state index contributed by atoms with van der Waals surface area (Å²) in [5.41, 5.74) is 1.57. The summed E-state index contributed by atoms with van der Waals surface area (Å²) < 4.78 is 5.10. The SMILES string of the molecule is COc1cc(CNC(=O)c2cccnc2N2CCCCC2)ccn1. The molecule has 0 atom stereocenters. The second-order valence-electron chi connectivity index (χ2n) is 5.81. The van der Waals surface area contributed by atoms with E-state index in [9.17, 15) is 4.79 Å². The molecule has 0 radical (unpaired) electrons. The molecule has 1 N–H and O–H groups in total. The van der Waals surface area contributed by atoms with E-state index in [1.54, 1.807) is 25.6 Å². The molecule has 2 aromatic heterocycles. The van der Waals surface area contributed by atoms with Crippen molar-refractivity contribution in [1.29, 1.82) is 0 Å². The second-order valence-corrected chi connectivity index (χ2v) is 5.81. The van der Waals surface area contributed by atoms with Gasteiger partial charge in [0.2, 0.25) is 5.88 Å². The quantitative estimate of drug-likeness (QED) is 0.914. The van der Waals surface area contributed by atoms with Crippen molar-refractivity contribution in [1.82, 2.24) is 15.3 Å². The first kappa shape index (κ1) is 16.2. The average molecular weight is 326 g/mol. The molecule has 0 spiro atoms. The van der Waals surface area contributed by atoms with E-state index in [1.165, 1.54) is 6.42 Å². The number of pyridine rings is 2. The molecular weight excluding hydrogens is 304 g/mol. The molecule has 0 aliphatic carbocycles. The van der Waals surface area contributed by atoms with Gasteiger partial charge < -0.3 is 15.0 Å². The van der Waals surface area contributed by atoms with E-state index < -0.39 is 0 Å². The number of amides is 1. The highest BCUT2D eigenvalue weighted by molar-refractivity contribution is 5.98. The summed E-state index contributed by atoms with van der Waals surface area (Å²) in [5, 5.41) is 2.96. The van der Waals surface area contributed by atoms with Gasteiger partial charge in [-0.05, 0) is 43.0 Å². The molecule has 3 rings (SSSR count). The van der Waals surface area contributed by atoms with Crippen LogP contribution < -0.4 is 15.0 Å². The molecule has 0 aromatic carbocycles. The highest BCUT2D eigenvalue weighted by atomic mass is 16.5. The summed E-state index contributed by atoms with van der Waals surface area (Å²) in [6.07, 6.45) is 6.95. The fraction of sp³-hybridized carbons (Fsp3) is 0.389. The Morgan fingerprint density at radius 2 is 2.04 bits per heavy atom. The van der Waals surface area contributed by atoms with Crippen LogP contribution in [0.25, 0.3) is 0 Å². The van der Waals surface area contributed by atoms with Crippen molar-refractivity contribution >= 4 is 11.7 Å². The van der Waals surface area contributed by atoms with E-state index in [1.807, 2.05) is 18.2 Å². The van der Waals surface area contributed by atoms with E-state index >= 15 is 0 Å². The van der Waals surface area contributed by atoms with Crippen molar-refractivity contribution < 1.29 is 9.53 Å². The van der Waals surface area contributed by atoms with Crippen LogP contribution in [0, 0.1) is 0 Å². The lowest BCUT2D eigenvalue weighted by Crippen LogP contribution is -2.33. The molecular formula is C18H22N4O2. The molecule has 0 unspecified atom stereocenters. The van der Waals surface area contributed by atoms with Crippen molar-refractivity contribution in [2.45, 2.75) is 25.8 Å². The molecule has 126 valence electrons. The fourth-order valence-electron chi connectivity index (χ4n) is 2.88. The van der Waals surface area contributed by atoms with Crippen LogP contribution in [-0.2, 0) is 6.54 Å². The number of nitrogens with one attached hydrogen (secondary N) is 1. The van der Waals surface area contributed by atoms with E-state index in [-0.39, 0.29) is 5.91 Å². The molecule has 1 aliphatic heterocycles. The highest BCUT2D eigenvalue weighted by Crippen LogP contribution is 2.21. The van der Waals surface area contributed by atoms with Gasteiger partial charge in [0, 0.05) is 38.1 Å². The summed E-state index contributed by atoms with van der Waals surface area (Å²) in [7, 11) is 1.57.